The molecule has 1 aromatic heterocycles. The van der Waals surface area contributed by atoms with Crippen molar-refractivity contribution >= 4 is 11.3 Å². The molecule has 0 saturated carbocycles. The van der Waals surface area contributed by atoms with Gasteiger partial charge in [-0.15, -0.1) is 24.5 Å². The fourth-order valence-electron chi connectivity index (χ4n) is 1.80. The Morgan fingerprint density at radius 1 is 1.24 bits per heavy atom. The zero-order valence-corrected chi connectivity index (χ0v) is 12.3. The average Bonchev–Trinajstić information content (AvgIpc) is 2.86. The summed E-state index contributed by atoms with van der Waals surface area (Å²) < 4.78 is 41.3. The second-order valence-electron chi connectivity index (χ2n) is 4.83. The third kappa shape index (κ3) is 3.95. The van der Waals surface area contributed by atoms with Gasteiger partial charge in [0.25, 0.3) is 0 Å². The van der Waals surface area contributed by atoms with Crippen molar-refractivity contribution in [2.45, 2.75) is 32.2 Å². The lowest BCUT2D eigenvalue weighted by molar-refractivity contribution is -0.274. The van der Waals surface area contributed by atoms with E-state index in [-0.39, 0.29) is 17.2 Å². The molecular formula is C14H15F3N2OS. The van der Waals surface area contributed by atoms with Gasteiger partial charge < -0.3 is 10.5 Å². The Morgan fingerprint density at radius 3 is 2.48 bits per heavy atom. The summed E-state index contributed by atoms with van der Waals surface area (Å²) in [5, 5.41) is 2.43. The Labute approximate surface area is 124 Å². The highest BCUT2D eigenvalue weighted by atomic mass is 32.1. The number of aromatic nitrogens is 1. The van der Waals surface area contributed by atoms with Gasteiger partial charge in [-0.25, -0.2) is 4.98 Å². The van der Waals surface area contributed by atoms with E-state index in [0.717, 1.165) is 5.69 Å². The van der Waals surface area contributed by atoms with E-state index in [1.165, 1.54) is 29.5 Å². The molecule has 7 heteroatoms. The molecule has 0 fully saturated rings. The molecule has 0 amide bonds. The van der Waals surface area contributed by atoms with E-state index in [1.807, 2.05) is 19.2 Å². The summed E-state index contributed by atoms with van der Waals surface area (Å²) in [5.41, 5.74) is 7.19. The summed E-state index contributed by atoms with van der Waals surface area (Å²) in [6, 6.07) is 5.11. The molecule has 21 heavy (non-hydrogen) atoms. The normalized spacial score (nSPS) is 13.5. The maximum absolute atomic E-state index is 12.4. The van der Waals surface area contributed by atoms with Crippen LogP contribution in [-0.2, 0) is 0 Å². The summed E-state index contributed by atoms with van der Waals surface area (Å²) in [6.45, 7) is 3.98. The fourth-order valence-corrected chi connectivity index (χ4v) is 2.79. The highest BCUT2D eigenvalue weighted by Gasteiger charge is 2.33. The van der Waals surface area contributed by atoms with Gasteiger partial charge in [0.05, 0.1) is 11.7 Å². The number of alkyl halides is 3. The molecule has 0 bridgehead atoms. The molecular weight excluding hydrogens is 301 g/mol. The summed E-state index contributed by atoms with van der Waals surface area (Å²) in [7, 11) is 0. The van der Waals surface area contributed by atoms with Gasteiger partial charge >= 0.3 is 6.36 Å². The first-order chi connectivity index (χ1) is 9.78. The molecule has 0 saturated heterocycles. The van der Waals surface area contributed by atoms with Gasteiger partial charge in [-0.3, -0.25) is 0 Å². The first-order valence-electron chi connectivity index (χ1n) is 6.33. The quantitative estimate of drug-likeness (QED) is 0.919. The third-order valence-electron chi connectivity index (χ3n) is 2.88. The second kappa shape index (κ2) is 6.03. The van der Waals surface area contributed by atoms with Crippen LogP contribution < -0.4 is 10.5 Å². The molecule has 0 aliphatic carbocycles. The van der Waals surface area contributed by atoms with E-state index in [2.05, 4.69) is 9.72 Å². The van der Waals surface area contributed by atoms with E-state index >= 15 is 0 Å². The Balaban J connectivity index is 2.32. The third-order valence-corrected chi connectivity index (χ3v) is 3.82. The zero-order valence-electron chi connectivity index (χ0n) is 11.5. The van der Waals surface area contributed by atoms with Crippen LogP contribution in [0.25, 0.3) is 0 Å². The average molecular weight is 316 g/mol. The predicted octanol–water partition coefficient (Wildman–Crippen LogP) is 4.21. The van der Waals surface area contributed by atoms with Crippen LogP contribution in [0.3, 0.4) is 0 Å². The van der Waals surface area contributed by atoms with Crippen molar-refractivity contribution in [3.8, 4) is 5.75 Å². The van der Waals surface area contributed by atoms with Gasteiger partial charge in [0.2, 0.25) is 0 Å². The molecule has 1 aromatic carbocycles. The summed E-state index contributed by atoms with van der Waals surface area (Å²) in [5.74, 6) is -0.0531. The molecule has 0 radical (unpaired) electrons. The monoisotopic (exact) mass is 316 g/mol. The standard InChI is InChI=1S/C14H15F3N2OS/c1-8(2)10-7-21-13(19-10)12(18)9-5-3-4-6-11(9)20-14(15,16)17/h3-8,12H,18H2,1-2H3. The number of hydrogen-bond acceptors (Lipinski definition) is 4. The van der Waals surface area contributed by atoms with E-state index in [0.29, 0.717) is 5.01 Å². The van der Waals surface area contributed by atoms with E-state index in [1.54, 1.807) is 6.07 Å². The lowest BCUT2D eigenvalue weighted by Crippen LogP contribution is -2.20. The molecule has 1 heterocycles. The molecule has 3 nitrogen and oxygen atoms in total. The number of ether oxygens (including phenoxy) is 1. The maximum atomic E-state index is 12.4. The topological polar surface area (TPSA) is 48.1 Å². The lowest BCUT2D eigenvalue weighted by Gasteiger charge is -2.16. The highest BCUT2D eigenvalue weighted by Crippen LogP contribution is 2.33. The van der Waals surface area contributed by atoms with Crippen molar-refractivity contribution in [3.05, 3.63) is 45.9 Å². The number of halogens is 3. The number of nitrogens with two attached hydrogens (primary N) is 1. The predicted molar refractivity (Wildman–Crippen MR) is 75.4 cm³/mol. The Bertz CT molecular complexity index is 610. The lowest BCUT2D eigenvalue weighted by atomic mass is 10.1. The van der Waals surface area contributed by atoms with Gasteiger partial charge in [0.1, 0.15) is 10.8 Å². The molecule has 1 unspecified atom stereocenters. The van der Waals surface area contributed by atoms with E-state index in [4.69, 9.17) is 5.73 Å². The van der Waals surface area contributed by atoms with Gasteiger partial charge in [-0.2, -0.15) is 0 Å². The Morgan fingerprint density at radius 2 is 1.90 bits per heavy atom. The zero-order chi connectivity index (χ0) is 15.6. The van der Waals surface area contributed by atoms with Crippen LogP contribution in [0.15, 0.2) is 29.6 Å². The van der Waals surface area contributed by atoms with Crippen LogP contribution in [-0.4, -0.2) is 11.3 Å². The van der Waals surface area contributed by atoms with Gasteiger partial charge in [0, 0.05) is 10.9 Å². The molecule has 0 spiro atoms. The van der Waals surface area contributed by atoms with Gasteiger partial charge in [-0.05, 0) is 12.0 Å². The van der Waals surface area contributed by atoms with Crippen molar-refractivity contribution in [3.63, 3.8) is 0 Å². The van der Waals surface area contributed by atoms with E-state index < -0.39 is 12.4 Å². The number of para-hydroxylation sites is 1. The smallest absolute Gasteiger partial charge is 0.405 e. The minimum atomic E-state index is -4.75. The molecule has 2 rings (SSSR count). The van der Waals surface area contributed by atoms with Crippen LogP contribution in [0, 0.1) is 0 Å². The van der Waals surface area contributed by atoms with Crippen LogP contribution in [0.1, 0.15) is 42.1 Å². The SMILES string of the molecule is CC(C)c1csc(C(N)c2ccccc2OC(F)(F)F)n1. The maximum Gasteiger partial charge on any atom is 0.573 e. The van der Waals surface area contributed by atoms with Crippen molar-refractivity contribution in [2.24, 2.45) is 5.73 Å². The van der Waals surface area contributed by atoms with E-state index in [9.17, 15) is 13.2 Å². The summed E-state index contributed by atoms with van der Waals surface area (Å²) in [6.07, 6.45) is -4.75. The van der Waals surface area contributed by atoms with Crippen LogP contribution in [0.5, 0.6) is 5.75 Å². The molecule has 2 N–H and O–H groups in total. The molecule has 0 aliphatic heterocycles. The highest BCUT2D eigenvalue weighted by molar-refractivity contribution is 7.09. The summed E-state index contributed by atoms with van der Waals surface area (Å²) >= 11 is 1.33. The summed E-state index contributed by atoms with van der Waals surface area (Å²) in [4.78, 5) is 4.38. The number of thiazole rings is 1. The molecule has 1 atom stereocenters. The fraction of sp³-hybridized carbons (Fsp3) is 0.357. The first kappa shape index (κ1) is 15.8. The Hall–Kier alpha value is -1.60. The number of benzene rings is 1. The molecule has 2 aromatic rings. The van der Waals surface area contributed by atoms with Crippen molar-refractivity contribution < 1.29 is 17.9 Å². The minimum absolute atomic E-state index is 0.240. The Kier molecular flexibility index (Phi) is 4.53. The van der Waals surface area contributed by atoms with Crippen LogP contribution in [0.4, 0.5) is 13.2 Å². The molecule has 0 aliphatic rings. The van der Waals surface area contributed by atoms with Crippen LogP contribution in [0.2, 0.25) is 0 Å². The minimum Gasteiger partial charge on any atom is -0.405 e. The van der Waals surface area contributed by atoms with Crippen molar-refractivity contribution in [2.75, 3.05) is 0 Å². The van der Waals surface area contributed by atoms with Gasteiger partial charge in [0.15, 0.2) is 0 Å². The first-order valence-corrected chi connectivity index (χ1v) is 7.21. The van der Waals surface area contributed by atoms with Crippen LogP contribution >= 0.6 is 11.3 Å². The number of nitrogens with zero attached hydrogens (tertiary/aromatic N) is 1. The second-order valence-corrected chi connectivity index (χ2v) is 5.72. The number of rotatable bonds is 4. The number of hydrogen-bond donors (Lipinski definition) is 1. The largest absolute Gasteiger partial charge is 0.573 e. The van der Waals surface area contributed by atoms with Gasteiger partial charge in [-0.1, -0.05) is 32.0 Å². The van der Waals surface area contributed by atoms with Crippen molar-refractivity contribution in [1.82, 2.24) is 4.98 Å². The van der Waals surface area contributed by atoms with Crippen molar-refractivity contribution in [1.29, 1.82) is 0 Å². The molecule has 114 valence electrons.